The maximum Gasteiger partial charge on any atom is 0.186 e. The Hall–Kier alpha value is -2.83. The number of benzene rings is 1. The number of allylic oxidation sites excluding steroid dienone is 1. The highest BCUT2D eigenvalue weighted by atomic mass is 19.1. The Bertz CT molecular complexity index is 932. The highest BCUT2D eigenvalue weighted by molar-refractivity contribution is 5.56. The molecular weight excluding hydrogens is 336 g/mol. The second kappa shape index (κ2) is 5.59. The maximum absolute atomic E-state index is 14.7. The second-order valence-electron chi connectivity index (χ2n) is 6.95. The SMILES string of the molecule is Cc1cc(F)c(N2C=C3CCCN3C2N2C=Cc3nccn3C2)cc1F. The van der Waals surface area contributed by atoms with E-state index in [1.165, 1.54) is 17.8 Å². The van der Waals surface area contributed by atoms with Gasteiger partial charge in [0.1, 0.15) is 17.5 Å². The van der Waals surface area contributed by atoms with Gasteiger partial charge in [-0.3, -0.25) is 0 Å². The molecular formula is C19H19F2N5. The van der Waals surface area contributed by atoms with E-state index in [2.05, 4.69) is 14.8 Å². The predicted molar refractivity (Wildman–Crippen MR) is 94.5 cm³/mol. The summed E-state index contributed by atoms with van der Waals surface area (Å²) in [6, 6.07) is 2.57. The van der Waals surface area contributed by atoms with Gasteiger partial charge in [0.2, 0.25) is 0 Å². The van der Waals surface area contributed by atoms with Crippen LogP contribution in [0.4, 0.5) is 14.5 Å². The van der Waals surface area contributed by atoms with Crippen LogP contribution in [-0.4, -0.2) is 32.2 Å². The highest BCUT2D eigenvalue weighted by Crippen LogP contribution is 2.38. The van der Waals surface area contributed by atoms with Crippen LogP contribution in [0.25, 0.3) is 6.08 Å². The number of aromatic nitrogens is 2. The van der Waals surface area contributed by atoms with Crippen LogP contribution in [0.5, 0.6) is 0 Å². The zero-order valence-electron chi connectivity index (χ0n) is 14.4. The van der Waals surface area contributed by atoms with E-state index in [0.717, 1.165) is 25.2 Å². The van der Waals surface area contributed by atoms with Crippen molar-refractivity contribution in [1.82, 2.24) is 19.4 Å². The van der Waals surface area contributed by atoms with Crippen molar-refractivity contribution in [1.29, 1.82) is 0 Å². The minimum absolute atomic E-state index is 0.212. The van der Waals surface area contributed by atoms with Gasteiger partial charge in [0, 0.05) is 43.1 Å². The normalized spacial score (nSPS) is 21.3. The van der Waals surface area contributed by atoms with Gasteiger partial charge in [0.25, 0.3) is 0 Å². The summed E-state index contributed by atoms with van der Waals surface area (Å²) in [7, 11) is 0. The molecule has 1 unspecified atom stereocenters. The molecule has 2 aromatic rings. The Labute approximate surface area is 150 Å². The van der Waals surface area contributed by atoms with Crippen molar-refractivity contribution in [2.24, 2.45) is 0 Å². The zero-order valence-corrected chi connectivity index (χ0v) is 14.4. The molecule has 3 aliphatic rings. The monoisotopic (exact) mass is 355 g/mol. The van der Waals surface area contributed by atoms with Crippen molar-refractivity contribution in [3.05, 3.63) is 65.6 Å². The fraction of sp³-hybridized carbons (Fsp3) is 0.316. The van der Waals surface area contributed by atoms with Crippen molar-refractivity contribution in [2.75, 3.05) is 11.4 Å². The molecule has 1 saturated heterocycles. The van der Waals surface area contributed by atoms with Gasteiger partial charge < -0.3 is 19.3 Å². The zero-order chi connectivity index (χ0) is 17.8. The van der Waals surface area contributed by atoms with Gasteiger partial charge in [-0.25, -0.2) is 13.8 Å². The van der Waals surface area contributed by atoms with E-state index in [1.54, 1.807) is 13.1 Å². The van der Waals surface area contributed by atoms with E-state index < -0.39 is 11.6 Å². The molecule has 0 N–H and O–H groups in total. The first-order valence-corrected chi connectivity index (χ1v) is 8.78. The largest absolute Gasteiger partial charge is 0.336 e. The number of nitrogens with zero attached hydrogens (tertiary/aromatic N) is 5. The van der Waals surface area contributed by atoms with E-state index in [9.17, 15) is 8.78 Å². The molecule has 0 spiro atoms. The van der Waals surface area contributed by atoms with Crippen LogP contribution in [0.2, 0.25) is 0 Å². The summed E-state index contributed by atoms with van der Waals surface area (Å²) < 4.78 is 30.9. The molecule has 26 heavy (non-hydrogen) atoms. The Balaban J connectivity index is 1.56. The summed E-state index contributed by atoms with van der Waals surface area (Å²) in [5, 5.41) is 0. The molecule has 3 aliphatic heterocycles. The first-order valence-electron chi connectivity index (χ1n) is 8.78. The summed E-state index contributed by atoms with van der Waals surface area (Å²) in [4.78, 5) is 10.5. The molecule has 1 atom stereocenters. The summed E-state index contributed by atoms with van der Waals surface area (Å²) in [6.07, 6.45) is 11.4. The quantitative estimate of drug-likeness (QED) is 0.825. The number of rotatable bonds is 2. The number of aryl methyl sites for hydroxylation is 1. The minimum atomic E-state index is -0.406. The van der Waals surface area contributed by atoms with Crippen LogP contribution in [0.1, 0.15) is 24.2 Å². The van der Waals surface area contributed by atoms with Crippen LogP contribution in [-0.2, 0) is 6.67 Å². The van der Waals surface area contributed by atoms with Crippen molar-refractivity contribution < 1.29 is 8.78 Å². The van der Waals surface area contributed by atoms with Crippen molar-refractivity contribution in [3.8, 4) is 0 Å². The lowest BCUT2D eigenvalue weighted by molar-refractivity contribution is 0.110. The first-order chi connectivity index (χ1) is 12.6. The van der Waals surface area contributed by atoms with E-state index in [-0.39, 0.29) is 12.0 Å². The van der Waals surface area contributed by atoms with Crippen LogP contribution in [0.3, 0.4) is 0 Å². The first kappa shape index (κ1) is 15.4. The van der Waals surface area contributed by atoms with Crippen LogP contribution >= 0.6 is 0 Å². The average molecular weight is 355 g/mol. The summed E-state index contributed by atoms with van der Waals surface area (Å²) in [5.41, 5.74) is 1.75. The summed E-state index contributed by atoms with van der Waals surface area (Å²) >= 11 is 0. The fourth-order valence-electron chi connectivity index (χ4n) is 4.00. The van der Waals surface area contributed by atoms with Crippen LogP contribution < -0.4 is 4.90 Å². The third-order valence-electron chi connectivity index (χ3n) is 5.30. The number of hydrogen-bond acceptors (Lipinski definition) is 4. The lowest BCUT2D eigenvalue weighted by atomic mass is 10.2. The number of fused-ring (bicyclic) bond motifs is 2. The fourth-order valence-corrected chi connectivity index (χ4v) is 4.00. The molecule has 1 aromatic carbocycles. The topological polar surface area (TPSA) is 27.5 Å². The third kappa shape index (κ3) is 2.23. The Kier molecular flexibility index (Phi) is 3.32. The number of imidazole rings is 1. The maximum atomic E-state index is 14.7. The molecule has 1 fully saturated rings. The lowest BCUT2D eigenvalue weighted by Gasteiger charge is -2.41. The van der Waals surface area contributed by atoms with Crippen LogP contribution in [0, 0.1) is 18.6 Å². The lowest BCUT2D eigenvalue weighted by Crippen LogP contribution is -2.51. The smallest absolute Gasteiger partial charge is 0.186 e. The van der Waals surface area contributed by atoms with E-state index in [0.29, 0.717) is 12.2 Å². The van der Waals surface area contributed by atoms with Gasteiger partial charge in [-0.1, -0.05) is 0 Å². The molecule has 0 saturated carbocycles. The molecule has 4 heterocycles. The van der Waals surface area contributed by atoms with Gasteiger partial charge >= 0.3 is 0 Å². The van der Waals surface area contributed by atoms with E-state index in [1.807, 2.05) is 34.1 Å². The van der Waals surface area contributed by atoms with Gasteiger partial charge in [-0.05, 0) is 37.5 Å². The van der Waals surface area contributed by atoms with Crippen LogP contribution in [0.15, 0.2) is 42.6 Å². The molecule has 0 aliphatic carbocycles. The predicted octanol–water partition coefficient (Wildman–Crippen LogP) is 3.45. The van der Waals surface area contributed by atoms with Gasteiger partial charge in [-0.15, -0.1) is 0 Å². The molecule has 1 aromatic heterocycles. The van der Waals surface area contributed by atoms with E-state index in [4.69, 9.17) is 0 Å². The molecule has 7 heteroatoms. The second-order valence-corrected chi connectivity index (χ2v) is 6.95. The van der Waals surface area contributed by atoms with Gasteiger partial charge in [-0.2, -0.15) is 0 Å². The number of anilines is 1. The summed E-state index contributed by atoms with van der Waals surface area (Å²) in [6.45, 7) is 3.10. The number of hydrogen-bond donors (Lipinski definition) is 0. The molecule has 0 bridgehead atoms. The number of halogens is 2. The standard InChI is InChI=1S/C19H19F2N5/c1-13-9-16(21)17(10-15(13)20)26-11-14-3-2-6-25(14)19(26)24-7-4-18-22-5-8-23(18)12-24/h4-5,7-11,19H,2-3,6,12H2,1H3. The Morgan fingerprint density at radius 3 is 2.96 bits per heavy atom. The minimum Gasteiger partial charge on any atom is -0.336 e. The molecule has 134 valence electrons. The van der Waals surface area contributed by atoms with Crippen molar-refractivity contribution >= 4 is 11.8 Å². The Morgan fingerprint density at radius 2 is 2.08 bits per heavy atom. The Morgan fingerprint density at radius 1 is 1.19 bits per heavy atom. The summed E-state index contributed by atoms with van der Waals surface area (Å²) in [5.74, 6) is 0.0980. The molecule has 5 rings (SSSR count). The van der Waals surface area contributed by atoms with Gasteiger partial charge in [0.05, 0.1) is 12.4 Å². The highest BCUT2D eigenvalue weighted by Gasteiger charge is 2.40. The van der Waals surface area contributed by atoms with Crippen molar-refractivity contribution in [3.63, 3.8) is 0 Å². The molecule has 0 radical (unpaired) electrons. The van der Waals surface area contributed by atoms with Crippen molar-refractivity contribution in [2.45, 2.75) is 32.7 Å². The van der Waals surface area contributed by atoms with E-state index >= 15 is 0 Å². The average Bonchev–Trinajstić information content (AvgIpc) is 3.32. The molecule has 5 nitrogen and oxygen atoms in total. The van der Waals surface area contributed by atoms with Gasteiger partial charge in [0.15, 0.2) is 6.29 Å². The molecule has 0 amide bonds. The third-order valence-corrected chi connectivity index (χ3v) is 5.30.